The van der Waals surface area contributed by atoms with Crippen LogP contribution >= 0.6 is 0 Å². The molecule has 1 heterocycles. The highest BCUT2D eigenvalue weighted by molar-refractivity contribution is 5.91. The molecule has 0 spiro atoms. The van der Waals surface area contributed by atoms with Gasteiger partial charge in [-0.1, -0.05) is 12.1 Å². The zero-order valence-electron chi connectivity index (χ0n) is 15.7. The van der Waals surface area contributed by atoms with Gasteiger partial charge in [-0.05, 0) is 61.4 Å². The van der Waals surface area contributed by atoms with Gasteiger partial charge in [0.05, 0.1) is 30.1 Å². The van der Waals surface area contributed by atoms with Gasteiger partial charge in [-0.15, -0.1) is 0 Å². The molecule has 3 rings (SSSR count). The van der Waals surface area contributed by atoms with Gasteiger partial charge in [-0.2, -0.15) is 0 Å². The lowest BCUT2D eigenvalue weighted by molar-refractivity contribution is 0.0600. The molecular formula is C22H19NO5. The number of rotatable bonds is 5. The maximum atomic E-state index is 11.7. The molecule has 0 fully saturated rings. The number of aryl methyl sites for hydroxylation is 2. The molecule has 6 heteroatoms. The highest BCUT2D eigenvalue weighted by Crippen LogP contribution is 2.27. The summed E-state index contributed by atoms with van der Waals surface area (Å²) >= 11 is 0. The summed E-state index contributed by atoms with van der Waals surface area (Å²) in [7, 11) is 1.33. The molecule has 0 aliphatic rings. The molecule has 0 radical (unpaired) electrons. The van der Waals surface area contributed by atoms with Crippen LogP contribution in [0.2, 0.25) is 0 Å². The number of methoxy groups -OCH3 is 1. The fourth-order valence-corrected chi connectivity index (χ4v) is 2.77. The molecule has 0 saturated heterocycles. The highest BCUT2D eigenvalue weighted by Gasteiger charge is 2.11. The summed E-state index contributed by atoms with van der Waals surface area (Å²) in [5.41, 5.74) is 3.83. The number of furan rings is 1. The number of benzene rings is 2. The fraction of sp³-hybridized carbons (Fsp3) is 0.136. The molecule has 28 heavy (non-hydrogen) atoms. The number of aromatic carboxylic acids is 1. The van der Waals surface area contributed by atoms with Gasteiger partial charge < -0.3 is 14.3 Å². The summed E-state index contributed by atoms with van der Waals surface area (Å²) in [6.45, 7) is 3.73. The van der Waals surface area contributed by atoms with Crippen LogP contribution in [-0.4, -0.2) is 30.4 Å². The van der Waals surface area contributed by atoms with E-state index in [0.29, 0.717) is 22.8 Å². The molecule has 2 aromatic carbocycles. The summed E-state index contributed by atoms with van der Waals surface area (Å²) in [6.07, 6.45) is 1.58. The van der Waals surface area contributed by atoms with Crippen molar-refractivity contribution in [1.82, 2.24) is 0 Å². The molecule has 0 amide bonds. The summed E-state index contributed by atoms with van der Waals surface area (Å²) in [4.78, 5) is 27.2. The standard InChI is InChI=1S/C22H19NO5/c1-13-4-5-16(22(26)27-3)11-19(13)23-12-17-7-9-20(28-17)18-8-6-15(21(24)25)10-14(18)2/h4-12H,1-3H3,(H,24,25). The summed E-state index contributed by atoms with van der Waals surface area (Å²) < 4.78 is 10.6. The van der Waals surface area contributed by atoms with E-state index >= 15 is 0 Å². The van der Waals surface area contributed by atoms with Gasteiger partial charge in [-0.3, -0.25) is 4.99 Å². The Balaban J connectivity index is 1.86. The first-order chi connectivity index (χ1) is 13.4. The number of carboxylic acid groups (broad SMARTS) is 1. The van der Waals surface area contributed by atoms with E-state index < -0.39 is 11.9 Å². The largest absolute Gasteiger partial charge is 0.478 e. The first kappa shape index (κ1) is 19.1. The zero-order chi connectivity index (χ0) is 20.3. The minimum Gasteiger partial charge on any atom is -0.478 e. The molecule has 1 N–H and O–H groups in total. The number of carbonyl (C=O) groups excluding carboxylic acids is 1. The lowest BCUT2D eigenvalue weighted by Crippen LogP contribution is -2.00. The quantitative estimate of drug-likeness (QED) is 0.510. The van der Waals surface area contributed by atoms with E-state index in [1.807, 2.05) is 19.9 Å². The predicted octanol–water partition coefficient (Wildman–Crippen LogP) is 4.80. The molecular weight excluding hydrogens is 358 g/mol. The smallest absolute Gasteiger partial charge is 0.337 e. The average Bonchev–Trinajstić information content (AvgIpc) is 3.15. The lowest BCUT2D eigenvalue weighted by Gasteiger charge is -2.04. The predicted molar refractivity (Wildman–Crippen MR) is 106 cm³/mol. The Kier molecular flexibility index (Phi) is 5.40. The second-order valence-electron chi connectivity index (χ2n) is 6.29. The Morgan fingerprint density at radius 2 is 1.75 bits per heavy atom. The second-order valence-corrected chi connectivity index (χ2v) is 6.29. The fourth-order valence-electron chi connectivity index (χ4n) is 2.77. The van der Waals surface area contributed by atoms with Gasteiger partial charge in [0.1, 0.15) is 11.5 Å². The van der Waals surface area contributed by atoms with E-state index in [9.17, 15) is 9.59 Å². The Labute approximate surface area is 162 Å². The van der Waals surface area contributed by atoms with Crippen LogP contribution in [0.4, 0.5) is 5.69 Å². The third kappa shape index (κ3) is 4.01. The van der Waals surface area contributed by atoms with Crippen molar-refractivity contribution < 1.29 is 23.8 Å². The van der Waals surface area contributed by atoms with Crippen molar-refractivity contribution in [2.75, 3.05) is 7.11 Å². The van der Waals surface area contributed by atoms with E-state index in [2.05, 4.69) is 4.99 Å². The molecule has 0 aliphatic carbocycles. The first-order valence-corrected chi connectivity index (χ1v) is 8.56. The van der Waals surface area contributed by atoms with Crippen LogP contribution in [0.15, 0.2) is 57.9 Å². The van der Waals surface area contributed by atoms with Crippen molar-refractivity contribution in [3.63, 3.8) is 0 Å². The van der Waals surface area contributed by atoms with E-state index in [-0.39, 0.29) is 5.56 Å². The van der Waals surface area contributed by atoms with Gasteiger partial charge >= 0.3 is 11.9 Å². The van der Waals surface area contributed by atoms with Crippen molar-refractivity contribution >= 4 is 23.8 Å². The number of carboxylic acids is 1. The zero-order valence-corrected chi connectivity index (χ0v) is 15.7. The molecule has 1 aromatic heterocycles. The Bertz CT molecular complexity index is 1080. The normalized spacial score (nSPS) is 11.0. The van der Waals surface area contributed by atoms with Gasteiger partial charge in [0.25, 0.3) is 0 Å². The number of carbonyl (C=O) groups is 2. The lowest BCUT2D eigenvalue weighted by atomic mass is 10.0. The van der Waals surface area contributed by atoms with Crippen LogP contribution in [0.3, 0.4) is 0 Å². The summed E-state index contributed by atoms with van der Waals surface area (Å²) in [5, 5.41) is 9.08. The van der Waals surface area contributed by atoms with Crippen LogP contribution in [0.1, 0.15) is 37.6 Å². The van der Waals surface area contributed by atoms with Crippen molar-refractivity contribution in [2.24, 2.45) is 4.99 Å². The maximum absolute atomic E-state index is 11.7. The van der Waals surface area contributed by atoms with E-state index in [4.69, 9.17) is 14.3 Å². The average molecular weight is 377 g/mol. The van der Waals surface area contributed by atoms with Crippen LogP contribution < -0.4 is 0 Å². The number of hydrogen-bond donors (Lipinski definition) is 1. The molecule has 6 nitrogen and oxygen atoms in total. The monoisotopic (exact) mass is 377 g/mol. The second kappa shape index (κ2) is 7.92. The molecule has 0 bridgehead atoms. The molecule has 0 saturated carbocycles. The third-order valence-electron chi connectivity index (χ3n) is 4.33. The van der Waals surface area contributed by atoms with Crippen molar-refractivity contribution in [1.29, 1.82) is 0 Å². The number of aliphatic imine (C=N–C) groups is 1. The molecule has 3 aromatic rings. The number of ether oxygens (including phenoxy) is 1. The minimum atomic E-state index is -0.966. The Morgan fingerprint density at radius 1 is 1.00 bits per heavy atom. The van der Waals surface area contributed by atoms with Crippen molar-refractivity contribution in [3.8, 4) is 11.3 Å². The molecule has 0 unspecified atom stereocenters. The summed E-state index contributed by atoms with van der Waals surface area (Å²) in [6, 6.07) is 13.6. The van der Waals surface area contributed by atoms with Crippen LogP contribution in [0.25, 0.3) is 11.3 Å². The highest BCUT2D eigenvalue weighted by atomic mass is 16.5. The van der Waals surface area contributed by atoms with E-state index in [1.54, 1.807) is 48.7 Å². The van der Waals surface area contributed by atoms with Gasteiger partial charge in [0, 0.05) is 5.56 Å². The minimum absolute atomic E-state index is 0.232. The Hall–Kier alpha value is -3.67. The SMILES string of the molecule is COC(=O)c1ccc(C)c(N=Cc2ccc(-c3ccc(C(=O)O)cc3C)o2)c1. The third-order valence-corrected chi connectivity index (χ3v) is 4.33. The van der Waals surface area contributed by atoms with Crippen LogP contribution in [0.5, 0.6) is 0 Å². The van der Waals surface area contributed by atoms with Gasteiger partial charge in [0.2, 0.25) is 0 Å². The van der Waals surface area contributed by atoms with Crippen molar-refractivity contribution in [3.05, 3.63) is 76.5 Å². The molecule has 0 aliphatic heterocycles. The maximum Gasteiger partial charge on any atom is 0.337 e. The molecule has 0 atom stereocenters. The first-order valence-electron chi connectivity index (χ1n) is 8.56. The van der Waals surface area contributed by atoms with Crippen molar-refractivity contribution in [2.45, 2.75) is 13.8 Å². The summed E-state index contributed by atoms with van der Waals surface area (Å²) in [5.74, 6) is -0.223. The van der Waals surface area contributed by atoms with E-state index in [0.717, 1.165) is 16.7 Å². The Morgan fingerprint density at radius 3 is 2.43 bits per heavy atom. The molecule has 142 valence electrons. The van der Waals surface area contributed by atoms with E-state index in [1.165, 1.54) is 7.11 Å². The number of nitrogens with zero attached hydrogens (tertiary/aromatic N) is 1. The van der Waals surface area contributed by atoms with Gasteiger partial charge in [0.15, 0.2) is 0 Å². The number of esters is 1. The number of hydrogen-bond acceptors (Lipinski definition) is 5. The van der Waals surface area contributed by atoms with Crippen LogP contribution in [-0.2, 0) is 4.74 Å². The van der Waals surface area contributed by atoms with Gasteiger partial charge in [-0.25, -0.2) is 9.59 Å². The van der Waals surface area contributed by atoms with Crippen LogP contribution in [0, 0.1) is 13.8 Å². The topological polar surface area (TPSA) is 89.1 Å².